The fourth-order valence-electron chi connectivity index (χ4n) is 1.89. The van der Waals surface area contributed by atoms with Crippen molar-refractivity contribution in [2.45, 2.75) is 39.9 Å². The maximum absolute atomic E-state index is 11.8. The largest absolute Gasteiger partial charge is 0.351 e. The zero-order valence-electron chi connectivity index (χ0n) is 12.0. The summed E-state index contributed by atoms with van der Waals surface area (Å²) < 4.78 is 1.50. The highest BCUT2D eigenvalue weighted by Crippen LogP contribution is 1.94. The van der Waals surface area contributed by atoms with E-state index in [1.807, 2.05) is 6.92 Å². The van der Waals surface area contributed by atoms with Gasteiger partial charge in [-0.25, -0.2) is 4.68 Å². The van der Waals surface area contributed by atoms with Crippen molar-refractivity contribution < 1.29 is 4.79 Å². The van der Waals surface area contributed by atoms with E-state index in [4.69, 9.17) is 5.73 Å². The van der Waals surface area contributed by atoms with E-state index in [-0.39, 0.29) is 18.5 Å². The summed E-state index contributed by atoms with van der Waals surface area (Å²) in [7, 11) is 0. The van der Waals surface area contributed by atoms with Crippen LogP contribution in [0.5, 0.6) is 0 Å². The third kappa shape index (κ3) is 5.35. The van der Waals surface area contributed by atoms with Crippen molar-refractivity contribution in [1.29, 1.82) is 0 Å². The van der Waals surface area contributed by atoms with Crippen molar-refractivity contribution >= 4 is 5.91 Å². The van der Waals surface area contributed by atoms with Gasteiger partial charge >= 0.3 is 0 Å². The average Bonchev–Trinajstić information content (AvgIpc) is 2.83. The summed E-state index contributed by atoms with van der Waals surface area (Å²) in [6.45, 7) is 9.56. The molecule has 1 aromatic rings. The molecule has 7 heteroatoms. The molecule has 0 aliphatic carbocycles. The Morgan fingerprint density at radius 2 is 2.21 bits per heavy atom. The molecule has 1 amide bonds. The van der Waals surface area contributed by atoms with E-state index in [0.29, 0.717) is 12.2 Å². The van der Waals surface area contributed by atoms with E-state index in [0.717, 1.165) is 19.6 Å². The fourth-order valence-corrected chi connectivity index (χ4v) is 1.89. The molecule has 1 heterocycles. The van der Waals surface area contributed by atoms with E-state index in [1.165, 1.54) is 4.68 Å². The maximum atomic E-state index is 11.8. The Morgan fingerprint density at radius 1 is 1.53 bits per heavy atom. The number of nitrogens with one attached hydrogen (secondary N) is 1. The smallest absolute Gasteiger partial charge is 0.242 e. The number of rotatable bonds is 8. The molecule has 0 aliphatic rings. The van der Waals surface area contributed by atoms with Crippen molar-refractivity contribution in [2.75, 3.05) is 19.6 Å². The first-order valence-corrected chi connectivity index (χ1v) is 6.69. The summed E-state index contributed by atoms with van der Waals surface area (Å²) in [4.78, 5) is 14.1. The van der Waals surface area contributed by atoms with Crippen LogP contribution in [0.4, 0.5) is 0 Å². The van der Waals surface area contributed by atoms with Gasteiger partial charge in [0.25, 0.3) is 0 Å². The highest BCUT2D eigenvalue weighted by molar-refractivity contribution is 5.75. The topological polar surface area (TPSA) is 89.1 Å². The molecule has 0 saturated heterocycles. The molecule has 0 aliphatic heterocycles. The third-order valence-electron chi connectivity index (χ3n) is 2.93. The third-order valence-corrected chi connectivity index (χ3v) is 2.93. The average molecular weight is 268 g/mol. The first-order valence-electron chi connectivity index (χ1n) is 6.69. The first-order chi connectivity index (χ1) is 9.08. The van der Waals surface area contributed by atoms with E-state index < -0.39 is 0 Å². The van der Waals surface area contributed by atoms with E-state index >= 15 is 0 Å². The molecular weight excluding hydrogens is 244 g/mol. The van der Waals surface area contributed by atoms with Crippen molar-refractivity contribution in [2.24, 2.45) is 5.73 Å². The minimum absolute atomic E-state index is 0.0619. The molecule has 108 valence electrons. The Bertz CT molecular complexity index is 387. The van der Waals surface area contributed by atoms with Crippen molar-refractivity contribution in [3.8, 4) is 0 Å². The minimum Gasteiger partial charge on any atom is -0.351 e. The number of hydrogen-bond acceptors (Lipinski definition) is 5. The van der Waals surface area contributed by atoms with Crippen molar-refractivity contribution in [3.63, 3.8) is 0 Å². The lowest BCUT2D eigenvalue weighted by Gasteiger charge is -2.23. The molecule has 1 rings (SSSR count). The molecule has 0 fully saturated rings. The number of carbonyl (C=O) groups excluding carboxylic acids is 1. The second kappa shape index (κ2) is 7.85. The Morgan fingerprint density at radius 3 is 2.74 bits per heavy atom. The quantitative estimate of drug-likeness (QED) is 0.668. The lowest BCUT2D eigenvalue weighted by Crippen LogP contribution is -2.43. The summed E-state index contributed by atoms with van der Waals surface area (Å²) in [6.07, 6.45) is 1.69. The van der Waals surface area contributed by atoms with Crippen LogP contribution in [-0.2, 0) is 17.9 Å². The molecule has 3 N–H and O–H groups in total. The van der Waals surface area contributed by atoms with E-state index in [9.17, 15) is 4.79 Å². The normalized spacial score (nSPS) is 12.7. The van der Waals surface area contributed by atoms with Crippen molar-refractivity contribution in [1.82, 2.24) is 25.2 Å². The van der Waals surface area contributed by atoms with Gasteiger partial charge in [-0.1, -0.05) is 19.1 Å². The van der Waals surface area contributed by atoms with Gasteiger partial charge < -0.3 is 16.0 Å². The highest BCUT2D eigenvalue weighted by atomic mass is 16.2. The summed E-state index contributed by atoms with van der Waals surface area (Å²) in [6, 6.07) is 0.116. The number of carbonyl (C=O) groups is 1. The van der Waals surface area contributed by atoms with Gasteiger partial charge in [0, 0.05) is 19.1 Å². The number of aromatic nitrogens is 3. The molecule has 1 aromatic heterocycles. The number of amides is 1. The first kappa shape index (κ1) is 15.6. The molecule has 0 bridgehead atoms. The van der Waals surface area contributed by atoms with Gasteiger partial charge in [0.05, 0.1) is 11.9 Å². The van der Waals surface area contributed by atoms with Crippen LogP contribution in [0.15, 0.2) is 6.20 Å². The molecule has 0 radical (unpaired) electrons. The zero-order valence-corrected chi connectivity index (χ0v) is 12.0. The van der Waals surface area contributed by atoms with Crippen LogP contribution in [0.1, 0.15) is 26.5 Å². The standard InChI is InChI=1S/C12H24N6O/c1-4-17(5-2)7-10(3)14-12(19)9-18-8-11(6-13)15-16-18/h8,10H,4-7,9,13H2,1-3H3,(H,14,19). The van der Waals surface area contributed by atoms with Crippen LogP contribution in [0, 0.1) is 0 Å². The van der Waals surface area contributed by atoms with Gasteiger partial charge in [-0.15, -0.1) is 5.10 Å². The van der Waals surface area contributed by atoms with Gasteiger partial charge in [0.2, 0.25) is 5.91 Å². The van der Waals surface area contributed by atoms with E-state index in [1.54, 1.807) is 6.20 Å². The van der Waals surface area contributed by atoms with Gasteiger partial charge in [0.1, 0.15) is 6.54 Å². The van der Waals surface area contributed by atoms with Crippen LogP contribution < -0.4 is 11.1 Å². The number of nitrogens with zero attached hydrogens (tertiary/aromatic N) is 4. The molecule has 0 spiro atoms. The monoisotopic (exact) mass is 268 g/mol. The molecule has 1 unspecified atom stereocenters. The predicted molar refractivity (Wildman–Crippen MR) is 73.3 cm³/mol. The predicted octanol–water partition coefficient (Wildman–Crippen LogP) is -0.417. The lowest BCUT2D eigenvalue weighted by molar-refractivity contribution is -0.122. The zero-order chi connectivity index (χ0) is 14.3. The minimum atomic E-state index is -0.0619. The van der Waals surface area contributed by atoms with Crippen LogP contribution in [0.3, 0.4) is 0 Å². The molecule has 0 saturated carbocycles. The second-order valence-electron chi connectivity index (χ2n) is 4.57. The van der Waals surface area contributed by atoms with Gasteiger partial charge in [-0.3, -0.25) is 4.79 Å². The Kier molecular flexibility index (Phi) is 6.44. The summed E-state index contributed by atoms with van der Waals surface area (Å²) in [5.41, 5.74) is 6.12. The number of likely N-dealkylation sites (N-methyl/N-ethyl adjacent to an activating group) is 1. The molecule has 0 aromatic carbocycles. The number of hydrogen-bond donors (Lipinski definition) is 2. The fraction of sp³-hybridized carbons (Fsp3) is 0.750. The molecule has 19 heavy (non-hydrogen) atoms. The number of nitrogens with two attached hydrogens (primary N) is 1. The second-order valence-corrected chi connectivity index (χ2v) is 4.57. The summed E-state index contributed by atoms with van der Waals surface area (Å²) in [5.74, 6) is -0.0619. The Balaban J connectivity index is 2.37. The van der Waals surface area contributed by atoms with Crippen LogP contribution in [-0.4, -0.2) is 51.5 Å². The van der Waals surface area contributed by atoms with Gasteiger partial charge in [0.15, 0.2) is 0 Å². The van der Waals surface area contributed by atoms with Crippen LogP contribution in [0.2, 0.25) is 0 Å². The molecule has 1 atom stereocenters. The Hall–Kier alpha value is -1.47. The summed E-state index contributed by atoms with van der Waals surface area (Å²) >= 11 is 0. The molecule has 7 nitrogen and oxygen atoms in total. The van der Waals surface area contributed by atoms with Crippen LogP contribution in [0.25, 0.3) is 0 Å². The molecular formula is C12H24N6O. The van der Waals surface area contributed by atoms with Gasteiger partial charge in [-0.2, -0.15) is 0 Å². The highest BCUT2D eigenvalue weighted by Gasteiger charge is 2.11. The van der Waals surface area contributed by atoms with E-state index in [2.05, 4.69) is 34.4 Å². The van der Waals surface area contributed by atoms with Gasteiger partial charge in [-0.05, 0) is 20.0 Å². The van der Waals surface area contributed by atoms with Crippen molar-refractivity contribution in [3.05, 3.63) is 11.9 Å². The van der Waals surface area contributed by atoms with Crippen LogP contribution >= 0.6 is 0 Å². The summed E-state index contributed by atoms with van der Waals surface area (Å²) in [5, 5.41) is 10.6. The maximum Gasteiger partial charge on any atom is 0.242 e. The Labute approximate surface area is 114 Å². The SMILES string of the molecule is CCN(CC)CC(C)NC(=O)Cn1cc(CN)nn1. The lowest BCUT2D eigenvalue weighted by atomic mass is 10.3.